The average molecular weight is 656 g/mol. The fourth-order valence-corrected chi connectivity index (χ4v) is 6.69. The van der Waals surface area contributed by atoms with Crippen LogP contribution in [0.3, 0.4) is 0 Å². The summed E-state index contributed by atoms with van der Waals surface area (Å²) in [6, 6.07) is 28.6. The lowest BCUT2D eigenvalue weighted by atomic mass is 9.93. The van der Waals surface area contributed by atoms with Crippen LogP contribution in [0.4, 0.5) is 13.2 Å². The molecule has 1 aliphatic carbocycles. The molecule has 2 amide bonds. The van der Waals surface area contributed by atoms with Crippen molar-refractivity contribution in [3.05, 3.63) is 119 Å². The molecule has 48 heavy (non-hydrogen) atoms. The molecule has 4 aromatic carbocycles. The Balaban J connectivity index is 1.19. The molecule has 10 heteroatoms. The molecule has 7 nitrogen and oxygen atoms in total. The van der Waals surface area contributed by atoms with Gasteiger partial charge in [-0.2, -0.15) is 13.2 Å². The highest BCUT2D eigenvalue weighted by atomic mass is 19.4. The van der Waals surface area contributed by atoms with Crippen LogP contribution in [-0.4, -0.2) is 60.0 Å². The number of halogens is 3. The van der Waals surface area contributed by atoms with Gasteiger partial charge in [-0.15, -0.1) is 0 Å². The summed E-state index contributed by atoms with van der Waals surface area (Å²) in [5.74, 6) is -0.904. The second-order valence-corrected chi connectivity index (χ2v) is 12.1. The summed E-state index contributed by atoms with van der Waals surface area (Å²) in [5, 5.41) is 5.34. The van der Waals surface area contributed by atoms with Gasteiger partial charge in [0.05, 0.1) is 11.5 Å². The van der Waals surface area contributed by atoms with Crippen molar-refractivity contribution < 1.29 is 32.3 Å². The maximum Gasteiger partial charge on any atom is 0.407 e. The van der Waals surface area contributed by atoms with E-state index in [4.69, 9.17) is 4.74 Å². The van der Waals surface area contributed by atoms with Gasteiger partial charge in [0.25, 0.3) is 5.91 Å². The van der Waals surface area contributed by atoms with E-state index in [0.717, 1.165) is 28.0 Å². The number of fused-ring (bicyclic) bond motifs is 3. The number of carbonyl (C=O) groups excluding carboxylic acids is 3. The molecule has 6 rings (SSSR count). The van der Waals surface area contributed by atoms with E-state index in [2.05, 4.69) is 5.32 Å². The minimum Gasteiger partial charge on any atom is -0.457 e. The number of nitrogens with one attached hydrogen (secondary N) is 1. The maximum atomic E-state index is 14.3. The third-order valence-corrected chi connectivity index (χ3v) is 8.88. The number of alkyl halides is 3. The van der Waals surface area contributed by atoms with Crippen LogP contribution in [-0.2, 0) is 16.0 Å². The molecule has 1 heterocycles. The van der Waals surface area contributed by atoms with Gasteiger partial charge < -0.3 is 14.8 Å². The summed E-state index contributed by atoms with van der Waals surface area (Å²) in [7, 11) is 0. The Hall–Kier alpha value is -4.96. The van der Waals surface area contributed by atoms with Crippen molar-refractivity contribution in [1.82, 2.24) is 15.3 Å². The Morgan fingerprint density at radius 3 is 2.31 bits per heavy atom. The topological polar surface area (TPSA) is 79.0 Å². The minimum atomic E-state index is -4.62. The van der Waals surface area contributed by atoms with Crippen molar-refractivity contribution in [2.45, 2.75) is 50.2 Å². The van der Waals surface area contributed by atoms with Gasteiger partial charge in [-0.05, 0) is 77.8 Å². The van der Waals surface area contributed by atoms with E-state index in [1.807, 2.05) is 48.5 Å². The van der Waals surface area contributed by atoms with E-state index in [-0.39, 0.29) is 25.0 Å². The molecule has 1 aliphatic heterocycles. The van der Waals surface area contributed by atoms with Gasteiger partial charge in [0, 0.05) is 25.6 Å². The van der Waals surface area contributed by atoms with Crippen LogP contribution in [0.15, 0.2) is 97.1 Å². The Morgan fingerprint density at radius 2 is 1.56 bits per heavy atom. The van der Waals surface area contributed by atoms with Gasteiger partial charge in [0.2, 0.25) is 5.91 Å². The molecule has 248 valence electrons. The molecular formula is C38H36F3N3O4. The van der Waals surface area contributed by atoms with Crippen molar-refractivity contribution in [2.24, 2.45) is 0 Å². The molecule has 1 fully saturated rings. The lowest BCUT2D eigenvalue weighted by Gasteiger charge is -2.41. The summed E-state index contributed by atoms with van der Waals surface area (Å²) < 4.78 is 48.1. The van der Waals surface area contributed by atoms with E-state index in [9.17, 15) is 27.6 Å². The Bertz CT molecular complexity index is 1770. The van der Waals surface area contributed by atoms with Crippen LogP contribution in [0.25, 0.3) is 11.1 Å². The van der Waals surface area contributed by atoms with E-state index in [1.165, 1.54) is 5.01 Å². The molecule has 1 unspecified atom stereocenters. The number of aldehydes is 1. The number of hydrazine groups is 1. The first-order valence-corrected chi connectivity index (χ1v) is 16.1. The van der Waals surface area contributed by atoms with Crippen molar-refractivity contribution in [2.75, 3.05) is 19.6 Å². The first-order valence-electron chi connectivity index (χ1n) is 16.1. The van der Waals surface area contributed by atoms with Gasteiger partial charge >= 0.3 is 6.18 Å². The maximum absolute atomic E-state index is 14.3. The number of hydrogen-bond donors (Lipinski definition) is 1. The smallest absolute Gasteiger partial charge is 0.407 e. The van der Waals surface area contributed by atoms with Gasteiger partial charge in [-0.1, -0.05) is 72.8 Å². The summed E-state index contributed by atoms with van der Waals surface area (Å²) in [6.07, 6.45) is -1.39. The number of aryl methyl sites for hydroxylation is 1. The second kappa shape index (κ2) is 14.4. The normalized spacial score (nSPS) is 16.1. The number of rotatable bonds is 11. The minimum absolute atomic E-state index is 0.155. The van der Waals surface area contributed by atoms with Crippen molar-refractivity contribution >= 4 is 18.1 Å². The fraction of sp³-hybridized carbons (Fsp3) is 0.289. The Kier molecular flexibility index (Phi) is 9.91. The van der Waals surface area contributed by atoms with Gasteiger partial charge in [-0.25, -0.2) is 5.01 Å². The average Bonchev–Trinajstić information content (AvgIpc) is 3.43. The number of hydrogen-bond acceptors (Lipinski definition) is 5. The zero-order chi connectivity index (χ0) is 33.7. The SMILES string of the molecule is O=CCCCc1cccc2c1-c1ccccc1C2C(=O)N(CC(F)(F)F)N1CCC(NC(=O)c2ccccc2Oc2ccccc2)CC1. The molecular weight excluding hydrogens is 619 g/mol. The number of benzene rings is 4. The molecule has 2 aliphatic rings. The molecule has 1 atom stereocenters. The molecule has 0 bridgehead atoms. The number of piperidine rings is 1. The molecule has 0 spiro atoms. The van der Waals surface area contributed by atoms with Crippen molar-refractivity contribution in [1.29, 1.82) is 0 Å². The number of nitrogens with zero attached hydrogens (tertiary/aromatic N) is 2. The molecule has 0 saturated carbocycles. The third kappa shape index (κ3) is 7.28. The van der Waals surface area contributed by atoms with Crippen LogP contribution in [0, 0.1) is 0 Å². The number of amides is 2. The van der Waals surface area contributed by atoms with Crippen molar-refractivity contribution in [3.63, 3.8) is 0 Å². The summed E-state index contributed by atoms with van der Waals surface area (Å²) in [5.41, 5.74) is 4.36. The zero-order valence-corrected chi connectivity index (χ0v) is 26.3. The third-order valence-electron chi connectivity index (χ3n) is 8.88. The quantitative estimate of drug-likeness (QED) is 0.135. The lowest BCUT2D eigenvalue weighted by Crippen LogP contribution is -2.56. The first-order chi connectivity index (χ1) is 23.2. The molecule has 4 aromatic rings. The van der Waals surface area contributed by atoms with E-state index in [0.29, 0.717) is 60.3 Å². The number of unbranched alkanes of at least 4 members (excludes halogenated alkanes) is 1. The van der Waals surface area contributed by atoms with E-state index < -0.39 is 24.5 Å². The summed E-state index contributed by atoms with van der Waals surface area (Å²) in [4.78, 5) is 38.6. The van der Waals surface area contributed by atoms with Crippen molar-refractivity contribution in [3.8, 4) is 22.6 Å². The van der Waals surface area contributed by atoms with Crippen LogP contribution >= 0.6 is 0 Å². The number of carbonyl (C=O) groups is 3. The Morgan fingerprint density at radius 1 is 0.875 bits per heavy atom. The zero-order valence-electron chi connectivity index (χ0n) is 26.3. The fourth-order valence-electron chi connectivity index (χ4n) is 6.69. The van der Waals surface area contributed by atoms with Crippen LogP contribution < -0.4 is 10.1 Å². The van der Waals surface area contributed by atoms with E-state index >= 15 is 0 Å². The highest BCUT2D eigenvalue weighted by molar-refractivity contribution is 5.98. The standard InChI is InChI=1S/C38H36F3N3O4/c39-38(40,41)25-44(37(47)35-30-16-5-4-15-29(30)34-26(11-8-9-24-45)12-10-18-32(34)35)43-22-20-27(21-23-43)42-36(46)31-17-6-7-19-33(31)48-28-13-2-1-3-14-28/h1-7,10,12-19,24,27,35H,8-9,11,20-23,25H2,(H,42,46). The van der Waals surface area contributed by atoms with Crippen LogP contribution in [0.1, 0.15) is 58.6 Å². The highest BCUT2D eigenvalue weighted by Crippen LogP contribution is 2.48. The summed E-state index contributed by atoms with van der Waals surface area (Å²) >= 11 is 0. The predicted octanol–water partition coefficient (Wildman–Crippen LogP) is 7.31. The Labute approximate surface area is 277 Å². The second-order valence-electron chi connectivity index (χ2n) is 12.1. The van der Waals surface area contributed by atoms with Crippen LogP contribution in [0.5, 0.6) is 11.5 Å². The molecule has 0 radical (unpaired) electrons. The van der Waals surface area contributed by atoms with Gasteiger partial charge in [0.1, 0.15) is 24.3 Å². The molecule has 0 aromatic heterocycles. The largest absolute Gasteiger partial charge is 0.457 e. The van der Waals surface area contributed by atoms with E-state index in [1.54, 1.807) is 48.5 Å². The van der Waals surface area contributed by atoms with Crippen LogP contribution in [0.2, 0.25) is 0 Å². The summed E-state index contributed by atoms with van der Waals surface area (Å²) in [6.45, 7) is -1.11. The number of para-hydroxylation sites is 2. The highest BCUT2D eigenvalue weighted by Gasteiger charge is 2.43. The first kappa shape index (κ1) is 33.0. The molecule has 1 N–H and O–H groups in total. The predicted molar refractivity (Wildman–Crippen MR) is 176 cm³/mol. The van der Waals surface area contributed by atoms with Gasteiger partial charge in [-0.3, -0.25) is 14.6 Å². The molecule has 1 saturated heterocycles. The monoisotopic (exact) mass is 655 g/mol. The lowest BCUT2D eigenvalue weighted by molar-refractivity contribution is -0.194. The van der Waals surface area contributed by atoms with Gasteiger partial charge in [0.15, 0.2) is 0 Å². The number of ether oxygens (including phenoxy) is 1.